The molecule has 2 aromatic carbocycles. The molecule has 9 heteroatoms. The highest BCUT2D eigenvalue weighted by Crippen LogP contribution is 2.47. The molecule has 3 atom stereocenters. The van der Waals surface area contributed by atoms with Gasteiger partial charge >= 0.3 is 5.97 Å². The molecule has 2 N–H and O–H groups in total. The normalized spacial score (nSPS) is 24.0. The molecule has 6 rings (SSSR count). The molecule has 0 amide bonds. The Morgan fingerprint density at radius 3 is 2.79 bits per heavy atom. The Hall–Kier alpha value is -3.20. The molecule has 204 valence electrons. The van der Waals surface area contributed by atoms with E-state index in [9.17, 15) is 9.90 Å². The van der Waals surface area contributed by atoms with Crippen LogP contribution in [0.5, 0.6) is 0 Å². The summed E-state index contributed by atoms with van der Waals surface area (Å²) in [6, 6.07) is 12.9. The minimum absolute atomic E-state index is 0.0234. The molecule has 1 aromatic heterocycles. The molecule has 0 radical (unpaired) electrons. The van der Waals surface area contributed by atoms with E-state index in [0.29, 0.717) is 35.3 Å². The minimum Gasteiger partial charge on any atom is -0.481 e. The van der Waals surface area contributed by atoms with Crippen LogP contribution in [0.4, 0.5) is 23.1 Å². The van der Waals surface area contributed by atoms with Crippen molar-refractivity contribution in [2.24, 2.45) is 0 Å². The maximum atomic E-state index is 11.7. The van der Waals surface area contributed by atoms with Crippen LogP contribution >= 0.6 is 11.6 Å². The number of rotatable bonds is 6. The van der Waals surface area contributed by atoms with E-state index < -0.39 is 11.4 Å². The van der Waals surface area contributed by atoms with Gasteiger partial charge in [0.05, 0.1) is 12.6 Å². The van der Waals surface area contributed by atoms with Gasteiger partial charge < -0.3 is 25.1 Å². The van der Waals surface area contributed by atoms with Gasteiger partial charge in [0.25, 0.3) is 0 Å². The molecule has 0 bridgehead atoms. The molecule has 0 spiro atoms. The van der Waals surface area contributed by atoms with Crippen molar-refractivity contribution in [3.05, 3.63) is 69.9 Å². The second kappa shape index (κ2) is 9.77. The van der Waals surface area contributed by atoms with E-state index >= 15 is 0 Å². The number of halogens is 1. The lowest BCUT2D eigenvalue weighted by Crippen LogP contribution is -2.41. The first-order valence-corrected chi connectivity index (χ1v) is 13.9. The number of hydrogen-bond acceptors (Lipinski definition) is 7. The Morgan fingerprint density at radius 1 is 1.26 bits per heavy atom. The summed E-state index contributed by atoms with van der Waals surface area (Å²) in [5, 5.41) is 13.5. The SMILES string of the molecule is CN1Cc2cc(Nc3ncc(Cl)c(N4CC(C)(CC(=O)O)c5ccccc54)n3)cc3c2C(CC(N(C)C)C3)C1. The standard InChI is InChI=1S/C30H35ClN6O2/c1-30(13-26(38)39)17-37(25-8-6-5-7-23(25)30)28-24(31)14-32-29(34-28)33-21-9-18-11-22(35(2)3)12-20-16-36(4)15-19(10-21)27(18)20/h5-10,14,20,22H,11-13,15-17H2,1-4H3,(H,38,39)(H,32,33,34). The molecule has 3 aromatic rings. The number of carboxylic acids is 1. The lowest BCUT2D eigenvalue weighted by Gasteiger charge is -2.41. The molecule has 2 aliphatic heterocycles. The number of hydrogen-bond donors (Lipinski definition) is 2. The zero-order valence-corrected chi connectivity index (χ0v) is 23.7. The first kappa shape index (κ1) is 26.0. The average Bonchev–Trinajstić information content (AvgIpc) is 3.16. The molecule has 0 fully saturated rings. The van der Waals surface area contributed by atoms with E-state index in [1.165, 1.54) is 23.1 Å². The van der Waals surface area contributed by atoms with Gasteiger partial charge in [0.1, 0.15) is 5.02 Å². The van der Waals surface area contributed by atoms with Gasteiger partial charge in [-0.25, -0.2) is 4.98 Å². The van der Waals surface area contributed by atoms with Gasteiger partial charge in [-0.05, 0) is 80.4 Å². The van der Waals surface area contributed by atoms with Gasteiger partial charge in [0, 0.05) is 42.5 Å². The molecule has 0 saturated heterocycles. The van der Waals surface area contributed by atoms with Crippen LogP contribution in [0.15, 0.2) is 42.6 Å². The fraction of sp³-hybridized carbons (Fsp3) is 0.433. The number of carbonyl (C=O) groups is 1. The van der Waals surface area contributed by atoms with Crippen LogP contribution in [0.2, 0.25) is 5.02 Å². The predicted octanol–water partition coefficient (Wildman–Crippen LogP) is 5.16. The van der Waals surface area contributed by atoms with Crippen molar-refractivity contribution in [3.8, 4) is 0 Å². The van der Waals surface area contributed by atoms with Crippen LogP contribution in [0.1, 0.15) is 47.9 Å². The van der Waals surface area contributed by atoms with Gasteiger partial charge in [-0.3, -0.25) is 4.79 Å². The summed E-state index contributed by atoms with van der Waals surface area (Å²) in [5.41, 5.74) is 6.64. The van der Waals surface area contributed by atoms with Crippen molar-refractivity contribution in [1.29, 1.82) is 0 Å². The largest absolute Gasteiger partial charge is 0.481 e. The number of aromatic nitrogens is 2. The number of benzene rings is 2. The van der Waals surface area contributed by atoms with Crippen molar-refractivity contribution in [2.75, 3.05) is 44.4 Å². The summed E-state index contributed by atoms with van der Waals surface area (Å²) >= 11 is 6.65. The molecule has 1 aliphatic carbocycles. The molecule has 8 nitrogen and oxygen atoms in total. The molecule has 3 unspecified atom stereocenters. The third-order valence-corrected chi connectivity index (χ3v) is 8.87. The fourth-order valence-electron chi connectivity index (χ4n) is 6.90. The van der Waals surface area contributed by atoms with Gasteiger partial charge in [-0.2, -0.15) is 4.98 Å². The summed E-state index contributed by atoms with van der Waals surface area (Å²) in [6.07, 6.45) is 3.86. The summed E-state index contributed by atoms with van der Waals surface area (Å²) in [5.74, 6) is 0.762. The fourth-order valence-corrected chi connectivity index (χ4v) is 7.09. The second-order valence-electron chi connectivity index (χ2n) is 11.9. The Kier molecular flexibility index (Phi) is 6.52. The molecule has 3 heterocycles. The van der Waals surface area contributed by atoms with Crippen LogP contribution in [0, 0.1) is 0 Å². The van der Waals surface area contributed by atoms with E-state index in [1.807, 2.05) is 36.1 Å². The van der Waals surface area contributed by atoms with Crippen LogP contribution in [-0.4, -0.2) is 71.1 Å². The third-order valence-electron chi connectivity index (χ3n) is 8.61. The van der Waals surface area contributed by atoms with E-state index in [0.717, 1.165) is 36.4 Å². The number of nitrogens with zero attached hydrogens (tertiary/aromatic N) is 5. The Bertz CT molecular complexity index is 1440. The van der Waals surface area contributed by atoms with Gasteiger partial charge in [0.15, 0.2) is 5.82 Å². The zero-order valence-electron chi connectivity index (χ0n) is 22.9. The topological polar surface area (TPSA) is 84.8 Å². The Morgan fingerprint density at radius 2 is 2.03 bits per heavy atom. The maximum Gasteiger partial charge on any atom is 0.304 e. The Labute approximate surface area is 234 Å². The minimum atomic E-state index is -0.828. The van der Waals surface area contributed by atoms with E-state index in [2.05, 4.69) is 53.4 Å². The monoisotopic (exact) mass is 546 g/mol. The number of likely N-dealkylation sites (N-methyl/N-ethyl adjacent to an activating group) is 2. The predicted molar refractivity (Wildman–Crippen MR) is 155 cm³/mol. The lowest BCUT2D eigenvalue weighted by atomic mass is 9.75. The number of anilines is 4. The van der Waals surface area contributed by atoms with Crippen molar-refractivity contribution in [1.82, 2.24) is 19.8 Å². The highest BCUT2D eigenvalue weighted by atomic mass is 35.5. The number of nitrogens with one attached hydrogen (secondary N) is 1. The molecular weight excluding hydrogens is 512 g/mol. The summed E-state index contributed by atoms with van der Waals surface area (Å²) in [6.45, 7) is 4.48. The van der Waals surface area contributed by atoms with Crippen LogP contribution in [-0.2, 0) is 23.2 Å². The van der Waals surface area contributed by atoms with Gasteiger partial charge in [-0.15, -0.1) is 0 Å². The van der Waals surface area contributed by atoms with Crippen molar-refractivity contribution in [3.63, 3.8) is 0 Å². The van der Waals surface area contributed by atoms with E-state index in [-0.39, 0.29) is 6.42 Å². The quantitative estimate of drug-likeness (QED) is 0.438. The van der Waals surface area contributed by atoms with Crippen LogP contribution < -0.4 is 10.2 Å². The first-order valence-electron chi connectivity index (χ1n) is 13.5. The van der Waals surface area contributed by atoms with E-state index in [1.54, 1.807) is 6.20 Å². The van der Waals surface area contributed by atoms with Gasteiger partial charge in [0.2, 0.25) is 5.95 Å². The average molecular weight is 547 g/mol. The number of aliphatic carboxylic acids is 1. The number of fused-ring (bicyclic) bond motifs is 1. The molecule has 0 saturated carbocycles. The van der Waals surface area contributed by atoms with Gasteiger partial charge in [-0.1, -0.05) is 36.7 Å². The number of carboxylic acid groups (broad SMARTS) is 1. The second-order valence-corrected chi connectivity index (χ2v) is 12.3. The zero-order chi connectivity index (χ0) is 27.5. The van der Waals surface area contributed by atoms with Crippen molar-refractivity contribution < 1.29 is 9.90 Å². The molecule has 3 aliphatic rings. The molecule has 39 heavy (non-hydrogen) atoms. The van der Waals surface area contributed by atoms with Crippen LogP contribution in [0.25, 0.3) is 0 Å². The first-order chi connectivity index (χ1) is 18.6. The van der Waals surface area contributed by atoms with Crippen LogP contribution in [0.3, 0.4) is 0 Å². The number of para-hydroxylation sites is 1. The van der Waals surface area contributed by atoms with Crippen molar-refractivity contribution >= 4 is 40.7 Å². The highest BCUT2D eigenvalue weighted by Gasteiger charge is 2.42. The smallest absolute Gasteiger partial charge is 0.304 e. The highest BCUT2D eigenvalue weighted by molar-refractivity contribution is 6.33. The lowest BCUT2D eigenvalue weighted by molar-refractivity contribution is -0.138. The summed E-state index contributed by atoms with van der Waals surface area (Å²) < 4.78 is 0. The summed E-state index contributed by atoms with van der Waals surface area (Å²) in [7, 11) is 6.54. The van der Waals surface area contributed by atoms with E-state index in [4.69, 9.17) is 16.6 Å². The van der Waals surface area contributed by atoms with Crippen molar-refractivity contribution in [2.45, 2.75) is 50.1 Å². The summed E-state index contributed by atoms with van der Waals surface area (Å²) in [4.78, 5) is 27.8. The third kappa shape index (κ3) is 4.75. The Balaban J connectivity index is 1.34. The maximum absolute atomic E-state index is 11.7. The molecular formula is C30H35ClN6O2.